The molecule has 14 heteroatoms. The monoisotopic (exact) mass is 516 g/mol. The maximum Gasteiger partial charge on any atom is 0.322 e. The molecule has 2 aromatic heterocycles. The number of nitrogens with zero attached hydrogens (tertiary/aromatic N) is 8. The van der Waals surface area contributed by atoms with Crippen LogP contribution in [-0.4, -0.2) is 97.8 Å². The zero-order chi connectivity index (χ0) is 24.9. The smallest absolute Gasteiger partial charge is 0.322 e. The van der Waals surface area contributed by atoms with Crippen LogP contribution in [0.15, 0.2) is 0 Å². The topological polar surface area (TPSA) is 121 Å². The molecule has 188 valence electrons. The van der Waals surface area contributed by atoms with Gasteiger partial charge in [0.05, 0.1) is 26.4 Å². The van der Waals surface area contributed by atoms with E-state index >= 15 is 0 Å². The van der Waals surface area contributed by atoms with Gasteiger partial charge in [-0.05, 0) is 41.8 Å². The van der Waals surface area contributed by atoms with Gasteiger partial charge in [0.15, 0.2) is 17.2 Å². The molecular formula is C20H30Cl2N8O4. The van der Waals surface area contributed by atoms with E-state index in [2.05, 4.69) is 29.9 Å². The molecule has 0 unspecified atom stereocenters. The summed E-state index contributed by atoms with van der Waals surface area (Å²) in [7, 11) is 3.63. The maximum atomic E-state index is 7.11. The molecule has 3 rings (SSSR count). The fraction of sp³-hybridized carbons (Fsp3) is 0.700. The van der Waals surface area contributed by atoms with Crippen LogP contribution in [0.1, 0.15) is 39.3 Å². The first-order chi connectivity index (χ1) is 16.2. The van der Waals surface area contributed by atoms with E-state index in [0.29, 0.717) is 39.5 Å². The first-order valence-electron chi connectivity index (χ1n) is 11.1. The van der Waals surface area contributed by atoms with E-state index < -0.39 is 10.00 Å². The van der Waals surface area contributed by atoms with Crippen LogP contribution < -0.4 is 18.9 Å². The van der Waals surface area contributed by atoms with Gasteiger partial charge in [0, 0.05) is 13.1 Å². The van der Waals surface area contributed by atoms with Crippen LogP contribution in [0.2, 0.25) is 0 Å². The summed E-state index contributed by atoms with van der Waals surface area (Å²) in [6.07, 6.45) is 0. The first-order valence-corrected chi connectivity index (χ1v) is 11.8. The lowest BCUT2D eigenvalue weighted by atomic mass is 9.90. The van der Waals surface area contributed by atoms with Crippen LogP contribution in [0.5, 0.6) is 24.0 Å². The van der Waals surface area contributed by atoms with Crippen LogP contribution in [0.4, 0.5) is 0 Å². The van der Waals surface area contributed by atoms with Crippen molar-refractivity contribution in [2.75, 3.05) is 53.6 Å². The molecule has 1 fully saturated rings. The lowest BCUT2D eigenvalue weighted by Gasteiger charge is -2.53. The highest BCUT2D eigenvalue weighted by Gasteiger charge is 2.64. The van der Waals surface area contributed by atoms with E-state index in [0.717, 1.165) is 0 Å². The lowest BCUT2D eigenvalue weighted by molar-refractivity contribution is -0.00208. The number of hydrogen-bond donors (Lipinski definition) is 0. The molecule has 0 radical (unpaired) electrons. The molecule has 0 N–H and O–H groups in total. The van der Waals surface area contributed by atoms with Gasteiger partial charge < -0.3 is 18.9 Å². The average Bonchev–Trinajstić information content (AvgIpc) is 2.78. The van der Waals surface area contributed by atoms with E-state index in [1.807, 2.05) is 39.6 Å². The summed E-state index contributed by atoms with van der Waals surface area (Å²) in [4.78, 5) is 30.4. The Kier molecular flexibility index (Phi) is 8.50. The Bertz CT molecular complexity index is 876. The summed E-state index contributed by atoms with van der Waals surface area (Å²) < 4.78 is 20.8. The fourth-order valence-electron chi connectivity index (χ4n) is 3.60. The number of rotatable bonds is 10. The highest BCUT2D eigenvalue weighted by atomic mass is 35.5. The van der Waals surface area contributed by atoms with Gasteiger partial charge in [-0.25, -0.2) is 0 Å². The minimum atomic E-state index is -1.64. The van der Waals surface area contributed by atoms with Crippen LogP contribution in [-0.2, 0) is 5.54 Å². The highest BCUT2D eigenvalue weighted by molar-refractivity contribution is 6.49. The van der Waals surface area contributed by atoms with Crippen molar-refractivity contribution >= 4 is 23.2 Å². The predicted octanol–water partition coefficient (Wildman–Crippen LogP) is 1.90. The number of alkyl halides is 2. The van der Waals surface area contributed by atoms with E-state index in [1.165, 1.54) is 0 Å². The second-order valence-electron chi connectivity index (χ2n) is 7.28. The van der Waals surface area contributed by atoms with Crippen molar-refractivity contribution in [3.8, 4) is 24.0 Å². The van der Waals surface area contributed by atoms with Crippen molar-refractivity contribution < 1.29 is 18.9 Å². The van der Waals surface area contributed by atoms with Crippen molar-refractivity contribution in [2.45, 2.75) is 37.7 Å². The van der Waals surface area contributed by atoms with Crippen LogP contribution in [0.3, 0.4) is 0 Å². The SMILES string of the molecule is CCOc1nc(OCC)nc(C2(c3nc(OCC)nc(OCC)n3)N(C)CCN(C)C2(Cl)Cl)n1. The van der Waals surface area contributed by atoms with Gasteiger partial charge in [0.2, 0.25) is 4.46 Å². The Balaban J connectivity index is 2.39. The highest BCUT2D eigenvalue weighted by Crippen LogP contribution is 2.52. The maximum absolute atomic E-state index is 7.11. The number of halogens is 2. The second-order valence-corrected chi connectivity index (χ2v) is 8.56. The molecule has 0 aliphatic carbocycles. The Morgan fingerprint density at radius 2 is 0.941 bits per heavy atom. The van der Waals surface area contributed by atoms with Crippen molar-refractivity contribution in [2.24, 2.45) is 0 Å². The zero-order valence-corrected chi connectivity index (χ0v) is 21.7. The van der Waals surface area contributed by atoms with E-state index in [4.69, 9.17) is 42.1 Å². The Labute approximate surface area is 208 Å². The normalized spacial score (nSPS) is 17.9. The van der Waals surface area contributed by atoms with E-state index in [1.54, 1.807) is 11.9 Å². The van der Waals surface area contributed by atoms with E-state index in [-0.39, 0.29) is 35.7 Å². The van der Waals surface area contributed by atoms with Gasteiger partial charge in [-0.15, -0.1) is 9.97 Å². The Hall–Kier alpha value is -2.28. The van der Waals surface area contributed by atoms with Crippen molar-refractivity contribution in [1.82, 2.24) is 39.7 Å². The third-order valence-electron chi connectivity index (χ3n) is 5.19. The molecule has 0 aromatic carbocycles. The molecule has 2 aromatic rings. The molecular weight excluding hydrogens is 487 g/mol. The molecule has 0 atom stereocenters. The molecule has 34 heavy (non-hydrogen) atoms. The summed E-state index contributed by atoms with van der Waals surface area (Å²) in [5.41, 5.74) is -1.51. The average molecular weight is 517 g/mol. The Morgan fingerprint density at radius 3 is 1.26 bits per heavy atom. The zero-order valence-electron chi connectivity index (χ0n) is 20.2. The second kappa shape index (κ2) is 11.0. The van der Waals surface area contributed by atoms with Gasteiger partial charge in [-0.1, -0.05) is 23.2 Å². The molecule has 1 saturated heterocycles. The number of piperazine rings is 1. The minimum absolute atomic E-state index is 0.0604. The molecule has 0 bridgehead atoms. The number of hydrogen-bond acceptors (Lipinski definition) is 12. The number of likely N-dealkylation sites (N-methyl/N-ethyl adjacent to an activating group) is 2. The summed E-state index contributed by atoms with van der Waals surface area (Å²) in [5, 5.41) is 0. The predicted molar refractivity (Wildman–Crippen MR) is 125 cm³/mol. The van der Waals surface area contributed by atoms with Gasteiger partial charge in [0.1, 0.15) is 0 Å². The molecule has 0 amide bonds. The van der Waals surface area contributed by atoms with Gasteiger partial charge in [0.25, 0.3) is 0 Å². The third kappa shape index (κ3) is 4.77. The Morgan fingerprint density at radius 1 is 0.618 bits per heavy atom. The van der Waals surface area contributed by atoms with Crippen molar-refractivity contribution in [3.63, 3.8) is 0 Å². The van der Waals surface area contributed by atoms with E-state index in [9.17, 15) is 0 Å². The summed E-state index contributed by atoms with van der Waals surface area (Å²) in [6.45, 7) is 9.72. The first kappa shape index (κ1) is 26.3. The van der Waals surface area contributed by atoms with Gasteiger partial charge in [-0.3, -0.25) is 9.80 Å². The summed E-state index contributed by atoms with van der Waals surface area (Å²) in [5.74, 6) is 0.286. The standard InChI is InChI=1S/C20H30Cl2N8O4/c1-7-31-15-23-13(24-16(27-15)32-8-2)19(20(21,22)30(6)12-11-29(19)5)14-25-17(33-9-3)28-18(26-14)34-10-4/h7-12H2,1-6H3. The third-order valence-corrected chi connectivity index (χ3v) is 6.31. The fourth-order valence-corrected chi connectivity index (χ4v) is 4.39. The van der Waals surface area contributed by atoms with Crippen molar-refractivity contribution in [1.29, 1.82) is 0 Å². The minimum Gasteiger partial charge on any atom is -0.464 e. The lowest BCUT2D eigenvalue weighted by Crippen LogP contribution is -2.69. The summed E-state index contributed by atoms with van der Waals surface area (Å²) in [6, 6.07) is 0.241. The van der Waals surface area contributed by atoms with Gasteiger partial charge >= 0.3 is 24.0 Å². The molecule has 12 nitrogen and oxygen atoms in total. The molecule has 0 spiro atoms. The molecule has 0 saturated carbocycles. The van der Waals surface area contributed by atoms with Crippen LogP contribution in [0, 0.1) is 0 Å². The summed E-state index contributed by atoms with van der Waals surface area (Å²) >= 11 is 14.2. The van der Waals surface area contributed by atoms with Crippen LogP contribution in [0.25, 0.3) is 0 Å². The number of ether oxygens (including phenoxy) is 4. The van der Waals surface area contributed by atoms with Crippen molar-refractivity contribution in [3.05, 3.63) is 11.6 Å². The number of aromatic nitrogens is 6. The molecule has 3 heterocycles. The van der Waals surface area contributed by atoms with Gasteiger partial charge in [-0.2, -0.15) is 19.9 Å². The quantitative estimate of drug-likeness (QED) is 0.338. The molecule has 1 aliphatic heterocycles. The van der Waals surface area contributed by atoms with Crippen LogP contribution >= 0.6 is 23.2 Å². The molecule has 1 aliphatic rings. The largest absolute Gasteiger partial charge is 0.464 e.